The third-order valence-electron chi connectivity index (χ3n) is 3.26. The van der Waals surface area contributed by atoms with Gasteiger partial charge >= 0.3 is 0 Å². The molecule has 21 heavy (non-hydrogen) atoms. The van der Waals surface area contributed by atoms with E-state index in [1.807, 2.05) is 11.4 Å². The van der Waals surface area contributed by atoms with E-state index in [4.69, 9.17) is 11.6 Å². The number of nitrogens with one attached hydrogen (secondary N) is 2. The molecule has 2 N–H and O–H groups in total. The molecule has 0 saturated heterocycles. The van der Waals surface area contributed by atoms with Gasteiger partial charge in [0.25, 0.3) is 5.56 Å². The van der Waals surface area contributed by atoms with Gasteiger partial charge in [-0.25, -0.2) is 4.98 Å². The number of hydrogen-bond donors (Lipinski definition) is 2. The molecule has 0 aliphatic carbocycles. The largest absolute Gasteiger partial charge is 0.309 e. The van der Waals surface area contributed by atoms with Gasteiger partial charge in [-0.2, -0.15) is 0 Å². The van der Waals surface area contributed by atoms with E-state index >= 15 is 0 Å². The number of aromatic amines is 1. The van der Waals surface area contributed by atoms with Crippen LogP contribution in [-0.4, -0.2) is 9.97 Å². The first-order chi connectivity index (χ1) is 10.1. The standard InChI is InChI=1S/C15H14ClN3OS/c1-9(13-3-2-6-21-13)17-8-14-18-12-7-10(16)4-5-11(12)15(20)19-14/h2-7,9,17H,8H2,1H3,(H,18,19,20)/t9-/m0/s1. The van der Waals surface area contributed by atoms with Gasteiger partial charge in [0, 0.05) is 15.9 Å². The molecule has 1 aromatic carbocycles. The summed E-state index contributed by atoms with van der Waals surface area (Å²) in [6.45, 7) is 2.58. The molecule has 0 spiro atoms. The highest BCUT2D eigenvalue weighted by atomic mass is 35.5. The van der Waals surface area contributed by atoms with Gasteiger partial charge in [-0.1, -0.05) is 17.7 Å². The molecule has 0 fully saturated rings. The van der Waals surface area contributed by atoms with E-state index in [2.05, 4.69) is 28.3 Å². The van der Waals surface area contributed by atoms with Gasteiger partial charge in [-0.05, 0) is 36.6 Å². The van der Waals surface area contributed by atoms with Crippen molar-refractivity contribution in [1.29, 1.82) is 0 Å². The minimum absolute atomic E-state index is 0.141. The Hall–Kier alpha value is -1.69. The van der Waals surface area contributed by atoms with Crippen molar-refractivity contribution >= 4 is 33.8 Å². The van der Waals surface area contributed by atoms with Crippen molar-refractivity contribution in [3.05, 3.63) is 61.8 Å². The van der Waals surface area contributed by atoms with Crippen LogP contribution in [0.25, 0.3) is 10.9 Å². The van der Waals surface area contributed by atoms with Crippen LogP contribution in [0, 0.1) is 0 Å². The fourth-order valence-corrected chi connectivity index (χ4v) is 3.06. The van der Waals surface area contributed by atoms with Gasteiger partial charge < -0.3 is 10.3 Å². The van der Waals surface area contributed by atoms with Gasteiger partial charge in [0.2, 0.25) is 0 Å². The summed E-state index contributed by atoms with van der Waals surface area (Å²) in [6.07, 6.45) is 0. The van der Waals surface area contributed by atoms with Crippen LogP contribution in [0.1, 0.15) is 23.7 Å². The number of thiophene rings is 1. The van der Waals surface area contributed by atoms with Gasteiger partial charge in [-0.3, -0.25) is 4.79 Å². The Morgan fingerprint density at radius 2 is 2.29 bits per heavy atom. The molecule has 2 heterocycles. The predicted molar refractivity (Wildman–Crippen MR) is 86.9 cm³/mol. The molecular formula is C15H14ClN3OS. The molecule has 0 radical (unpaired) electrons. The maximum Gasteiger partial charge on any atom is 0.258 e. The van der Waals surface area contributed by atoms with Crippen LogP contribution in [0.4, 0.5) is 0 Å². The molecule has 6 heteroatoms. The van der Waals surface area contributed by atoms with E-state index in [1.165, 1.54) is 4.88 Å². The Bertz CT molecular complexity index is 813. The number of hydrogen-bond acceptors (Lipinski definition) is 4. The van der Waals surface area contributed by atoms with E-state index < -0.39 is 0 Å². The number of fused-ring (bicyclic) bond motifs is 1. The number of rotatable bonds is 4. The van der Waals surface area contributed by atoms with Gasteiger partial charge in [-0.15, -0.1) is 11.3 Å². The first kappa shape index (κ1) is 14.3. The van der Waals surface area contributed by atoms with E-state index in [9.17, 15) is 4.79 Å². The zero-order valence-corrected chi connectivity index (χ0v) is 13.0. The van der Waals surface area contributed by atoms with Crippen LogP contribution in [0.15, 0.2) is 40.5 Å². The van der Waals surface area contributed by atoms with Crippen LogP contribution >= 0.6 is 22.9 Å². The average molecular weight is 320 g/mol. The Balaban J connectivity index is 1.83. The van der Waals surface area contributed by atoms with Crippen LogP contribution in [0.5, 0.6) is 0 Å². The molecule has 1 atom stereocenters. The lowest BCUT2D eigenvalue weighted by Gasteiger charge is -2.11. The fourth-order valence-electron chi connectivity index (χ4n) is 2.13. The van der Waals surface area contributed by atoms with Crippen LogP contribution < -0.4 is 10.9 Å². The first-order valence-electron chi connectivity index (χ1n) is 6.59. The summed E-state index contributed by atoms with van der Waals surface area (Å²) < 4.78 is 0. The number of halogens is 1. The van der Waals surface area contributed by atoms with Gasteiger partial charge in [0.1, 0.15) is 5.82 Å². The predicted octanol–water partition coefficient (Wildman–Crippen LogP) is 3.49. The SMILES string of the molecule is C[C@H](NCc1nc2cc(Cl)ccc2c(=O)[nH]1)c1cccs1. The Kier molecular flexibility index (Phi) is 4.05. The van der Waals surface area contributed by atoms with Gasteiger partial charge in [0.15, 0.2) is 0 Å². The third kappa shape index (κ3) is 3.15. The van der Waals surface area contributed by atoms with Crippen LogP contribution in [0.2, 0.25) is 5.02 Å². The maximum atomic E-state index is 12.0. The summed E-state index contributed by atoms with van der Waals surface area (Å²) in [5.74, 6) is 0.609. The second-order valence-corrected chi connectivity index (χ2v) is 6.21. The highest BCUT2D eigenvalue weighted by molar-refractivity contribution is 7.10. The molecular weight excluding hydrogens is 306 g/mol. The molecule has 0 amide bonds. The van der Waals surface area contributed by atoms with Crippen molar-refractivity contribution in [2.75, 3.05) is 0 Å². The molecule has 3 rings (SSSR count). The van der Waals surface area contributed by atoms with Crippen molar-refractivity contribution < 1.29 is 0 Å². The number of aromatic nitrogens is 2. The highest BCUT2D eigenvalue weighted by Crippen LogP contribution is 2.18. The highest BCUT2D eigenvalue weighted by Gasteiger charge is 2.08. The topological polar surface area (TPSA) is 57.8 Å². The summed E-state index contributed by atoms with van der Waals surface area (Å²) in [5.41, 5.74) is 0.476. The van der Waals surface area contributed by atoms with Crippen molar-refractivity contribution in [3.8, 4) is 0 Å². The Labute approximate surface area is 130 Å². The summed E-state index contributed by atoms with van der Waals surface area (Å²) in [6, 6.07) is 9.41. The van der Waals surface area contributed by atoms with Crippen LogP contribution in [-0.2, 0) is 6.54 Å². The van der Waals surface area contributed by atoms with Crippen molar-refractivity contribution in [1.82, 2.24) is 15.3 Å². The fraction of sp³-hybridized carbons (Fsp3) is 0.200. The lowest BCUT2D eigenvalue weighted by Crippen LogP contribution is -2.21. The maximum absolute atomic E-state index is 12.0. The molecule has 108 valence electrons. The average Bonchev–Trinajstić information content (AvgIpc) is 2.98. The monoisotopic (exact) mass is 319 g/mol. The third-order valence-corrected chi connectivity index (χ3v) is 4.55. The summed E-state index contributed by atoms with van der Waals surface area (Å²) >= 11 is 7.65. The molecule has 0 unspecified atom stereocenters. The number of H-pyrrole nitrogens is 1. The van der Waals surface area contributed by atoms with Crippen molar-refractivity contribution in [2.24, 2.45) is 0 Å². The second kappa shape index (κ2) is 5.97. The van der Waals surface area contributed by atoms with Crippen molar-refractivity contribution in [2.45, 2.75) is 19.5 Å². The van der Waals surface area contributed by atoms with E-state index in [0.717, 1.165) is 0 Å². The number of nitrogens with zero attached hydrogens (tertiary/aromatic N) is 1. The summed E-state index contributed by atoms with van der Waals surface area (Å²) in [4.78, 5) is 20.5. The molecule has 3 aromatic rings. The molecule has 0 bridgehead atoms. The summed E-state index contributed by atoms with van der Waals surface area (Å²) in [7, 11) is 0. The normalized spacial score (nSPS) is 12.7. The van der Waals surface area contributed by atoms with E-state index in [1.54, 1.807) is 29.5 Å². The molecule has 4 nitrogen and oxygen atoms in total. The van der Waals surface area contributed by atoms with E-state index in [-0.39, 0.29) is 11.6 Å². The minimum atomic E-state index is -0.141. The lowest BCUT2D eigenvalue weighted by atomic mass is 10.2. The molecule has 0 saturated carbocycles. The smallest absolute Gasteiger partial charge is 0.258 e. The zero-order valence-electron chi connectivity index (χ0n) is 11.4. The Morgan fingerprint density at radius 3 is 3.05 bits per heavy atom. The number of benzene rings is 1. The first-order valence-corrected chi connectivity index (χ1v) is 7.84. The van der Waals surface area contributed by atoms with Gasteiger partial charge in [0.05, 0.1) is 17.4 Å². The van der Waals surface area contributed by atoms with Crippen LogP contribution in [0.3, 0.4) is 0 Å². The second-order valence-electron chi connectivity index (χ2n) is 4.79. The Morgan fingerprint density at radius 1 is 1.43 bits per heavy atom. The van der Waals surface area contributed by atoms with E-state index in [0.29, 0.717) is 28.3 Å². The molecule has 0 aliphatic heterocycles. The molecule has 2 aromatic heterocycles. The zero-order chi connectivity index (χ0) is 14.8. The molecule has 0 aliphatic rings. The quantitative estimate of drug-likeness (QED) is 0.774. The lowest BCUT2D eigenvalue weighted by molar-refractivity contribution is 0.567. The van der Waals surface area contributed by atoms with Crippen molar-refractivity contribution in [3.63, 3.8) is 0 Å². The minimum Gasteiger partial charge on any atom is -0.309 e. The summed E-state index contributed by atoms with van der Waals surface area (Å²) in [5, 5.41) is 6.53.